The number of aromatic nitrogens is 2. The lowest BCUT2D eigenvalue weighted by Crippen LogP contribution is -2.41. The van der Waals surface area contributed by atoms with Gasteiger partial charge in [-0.2, -0.15) is 0 Å². The molecule has 0 aromatic carbocycles. The van der Waals surface area contributed by atoms with Gasteiger partial charge < -0.3 is 15.3 Å². The quantitative estimate of drug-likeness (QED) is 0.747. The van der Waals surface area contributed by atoms with Crippen LogP contribution in [0.25, 0.3) is 0 Å². The highest BCUT2D eigenvalue weighted by Crippen LogP contribution is 2.37. The molecule has 2 aliphatic carbocycles. The third kappa shape index (κ3) is 5.25. The molecule has 3 fully saturated rings. The smallest absolute Gasteiger partial charge is 0.255 e. The number of rotatable bonds is 5. The number of amides is 2. The van der Waals surface area contributed by atoms with Gasteiger partial charge in [0.1, 0.15) is 5.82 Å². The van der Waals surface area contributed by atoms with Crippen LogP contribution < -0.4 is 5.32 Å². The number of hydrogen-bond acceptors (Lipinski definition) is 5. The highest BCUT2D eigenvalue weighted by molar-refractivity contribution is 5.95. The Hall–Kier alpha value is -2.02. The van der Waals surface area contributed by atoms with Crippen molar-refractivity contribution in [2.24, 2.45) is 0 Å². The van der Waals surface area contributed by atoms with E-state index in [-0.39, 0.29) is 30.3 Å². The highest BCUT2D eigenvalue weighted by atomic mass is 16.3. The second-order valence-corrected chi connectivity index (χ2v) is 9.73. The van der Waals surface area contributed by atoms with E-state index >= 15 is 0 Å². The van der Waals surface area contributed by atoms with E-state index in [1.165, 1.54) is 6.42 Å². The minimum absolute atomic E-state index is 0.0261. The summed E-state index contributed by atoms with van der Waals surface area (Å²) in [6, 6.07) is -0.0224. The van der Waals surface area contributed by atoms with Gasteiger partial charge in [0.2, 0.25) is 5.91 Å². The molecule has 0 unspecified atom stereocenters. The summed E-state index contributed by atoms with van der Waals surface area (Å²) in [5.74, 6) is 0.448. The maximum atomic E-state index is 13.2. The molecule has 31 heavy (non-hydrogen) atoms. The molecule has 1 aromatic heterocycles. The third-order valence-corrected chi connectivity index (χ3v) is 7.28. The molecule has 2 amide bonds. The van der Waals surface area contributed by atoms with Crippen molar-refractivity contribution in [3.63, 3.8) is 0 Å². The van der Waals surface area contributed by atoms with Crippen molar-refractivity contribution >= 4 is 11.8 Å². The van der Waals surface area contributed by atoms with Gasteiger partial charge in [-0.1, -0.05) is 38.5 Å². The van der Waals surface area contributed by atoms with Crippen LogP contribution in [0.5, 0.6) is 0 Å². The van der Waals surface area contributed by atoms with Crippen molar-refractivity contribution in [2.75, 3.05) is 6.54 Å². The number of nitrogens with zero attached hydrogens (tertiary/aromatic N) is 3. The Bertz CT molecular complexity index is 800. The minimum Gasteiger partial charge on any atom is -0.389 e. The monoisotopic (exact) mass is 428 g/mol. The molecule has 7 heteroatoms. The van der Waals surface area contributed by atoms with Crippen LogP contribution in [-0.2, 0) is 4.79 Å². The topological polar surface area (TPSA) is 95.4 Å². The molecular formula is C24H36N4O3. The van der Waals surface area contributed by atoms with Crippen molar-refractivity contribution in [3.05, 3.63) is 23.3 Å². The van der Waals surface area contributed by atoms with Gasteiger partial charge in [-0.25, -0.2) is 9.97 Å². The average molecular weight is 429 g/mol. The van der Waals surface area contributed by atoms with Crippen LogP contribution in [-0.4, -0.2) is 50.0 Å². The first-order valence-corrected chi connectivity index (χ1v) is 12.1. The zero-order chi connectivity index (χ0) is 21.8. The molecule has 1 aromatic rings. The molecule has 0 bridgehead atoms. The Morgan fingerprint density at radius 3 is 2.55 bits per heavy atom. The number of hydrogen-bond donors (Lipinski definition) is 2. The zero-order valence-corrected chi connectivity index (χ0v) is 18.7. The van der Waals surface area contributed by atoms with Gasteiger partial charge >= 0.3 is 0 Å². The van der Waals surface area contributed by atoms with Crippen LogP contribution in [0.2, 0.25) is 0 Å². The molecule has 1 saturated heterocycles. The van der Waals surface area contributed by atoms with Gasteiger partial charge in [0.25, 0.3) is 5.91 Å². The summed E-state index contributed by atoms with van der Waals surface area (Å²) in [5.41, 5.74) is 0.255. The molecular weight excluding hydrogens is 392 g/mol. The fourth-order valence-corrected chi connectivity index (χ4v) is 5.55. The summed E-state index contributed by atoms with van der Waals surface area (Å²) in [5, 5.41) is 14.1. The molecule has 7 nitrogen and oxygen atoms in total. The van der Waals surface area contributed by atoms with Gasteiger partial charge in [0.15, 0.2) is 0 Å². The number of aliphatic hydroxyl groups is 1. The van der Waals surface area contributed by atoms with Crippen molar-refractivity contribution in [1.82, 2.24) is 20.2 Å². The first-order chi connectivity index (χ1) is 15.0. The Morgan fingerprint density at radius 2 is 1.81 bits per heavy atom. The minimum atomic E-state index is -0.884. The summed E-state index contributed by atoms with van der Waals surface area (Å²) in [7, 11) is 0. The number of carbonyl (C=O) groups is 2. The second-order valence-electron chi connectivity index (χ2n) is 9.73. The molecule has 170 valence electrons. The number of likely N-dealkylation sites (tertiary alicyclic amines) is 1. The number of carbonyl (C=O) groups excluding carboxylic acids is 2. The third-order valence-electron chi connectivity index (χ3n) is 7.28. The van der Waals surface area contributed by atoms with E-state index in [2.05, 4.69) is 15.3 Å². The van der Waals surface area contributed by atoms with E-state index in [9.17, 15) is 14.7 Å². The summed E-state index contributed by atoms with van der Waals surface area (Å²) < 4.78 is 0. The molecule has 1 atom stereocenters. The highest BCUT2D eigenvalue weighted by Gasteiger charge is 2.39. The van der Waals surface area contributed by atoms with E-state index in [1.54, 1.807) is 6.20 Å². The average Bonchev–Trinajstić information content (AvgIpc) is 3.24. The molecule has 0 radical (unpaired) electrons. The van der Waals surface area contributed by atoms with E-state index in [0.717, 1.165) is 57.8 Å². The molecule has 2 saturated carbocycles. The lowest BCUT2D eigenvalue weighted by molar-refractivity contribution is -0.138. The Morgan fingerprint density at radius 1 is 1.10 bits per heavy atom. The van der Waals surface area contributed by atoms with Gasteiger partial charge in [-0.05, 0) is 45.4 Å². The SMILES string of the molecule is Cc1ncc(C(=O)NC2CCCCC2)c([C@@H]2CCCN2C(=O)CC2(O)CCCCC2)n1. The standard InChI is InChI=1S/C24H36N4O3/c1-17-25-16-19(23(30)27-18-9-4-2-5-10-18)22(26-17)20-11-8-14-28(20)21(29)15-24(31)12-6-3-7-13-24/h16,18,20,31H,2-15H2,1H3,(H,27,30)/t20-/m0/s1. The van der Waals surface area contributed by atoms with Crippen LogP contribution in [0.3, 0.4) is 0 Å². The van der Waals surface area contributed by atoms with Crippen LogP contribution in [0, 0.1) is 6.92 Å². The van der Waals surface area contributed by atoms with Crippen LogP contribution >= 0.6 is 0 Å². The van der Waals surface area contributed by atoms with E-state index in [4.69, 9.17) is 0 Å². The summed E-state index contributed by atoms with van der Waals surface area (Å²) >= 11 is 0. The van der Waals surface area contributed by atoms with Crippen LogP contribution in [0.15, 0.2) is 6.20 Å². The van der Waals surface area contributed by atoms with Gasteiger partial charge in [-0.3, -0.25) is 9.59 Å². The molecule has 2 heterocycles. The fourth-order valence-electron chi connectivity index (χ4n) is 5.55. The Labute approximate surface area is 185 Å². The Kier molecular flexibility index (Phi) is 6.89. The summed E-state index contributed by atoms with van der Waals surface area (Å²) in [6.07, 6.45) is 13.5. The van der Waals surface area contributed by atoms with Gasteiger partial charge in [-0.15, -0.1) is 0 Å². The molecule has 1 aliphatic heterocycles. The number of nitrogens with one attached hydrogen (secondary N) is 1. The van der Waals surface area contributed by atoms with Crippen LogP contribution in [0.1, 0.15) is 111 Å². The fraction of sp³-hybridized carbons (Fsp3) is 0.750. The summed E-state index contributed by atoms with van der Waals surface area (Å²) in [6.45, 7) is 2.46. The first-order valence-electron chi connectivity index (χ1n) is 12.1. The van der Waals surface area contributed by atoms with Gasteiger partial charge in [0, 0.05) is 18.8 Å². The molecule has 3 aliphatic rings. The van der Waals surface area contributed by atoms with E-state index in [1.807, 2.05) is 11.8 Å². The predicted octanol–water partition coefficient (Wildman–Crippen LogP) is 3.60. The molecule has 4 rings (SSSR count). The van der Waals surface area contributed by atoms with Crippen molar-refractivity contribution < 1.29 is 14.7 Å². The predicted molar refractivity (Wildman–Crippen MR) is 117 cm³/mol. The number of aryl methyl sites for hydroxylation is 1. The van der Waals surface area contributed by atoms with Gasteiger partial charge in [0.05, 0.1) is 29.3 Å². The maximum Gasteiger partial charge on any atom is 0.255 e. The Balaban J connectivity index is 1.52. The maximum absolute atomic E-state index is 13.2. The summed E-state index contributed by atoms with van der Waals surface area (Å²) in [4.78, 5) is 37.1. The molecule has 0 spiro atoms. The van der Waals surface area contributed by atoms with Crippen LogP contribution in [0.4, 0.5) is 0 Å². The lowest BCUT2D eigenvalue weighted by Gasteiger charge is -2.34. The van der Waals surface area contributed by atoms with Crippen molar-refractivity contribution in [3.8, 4) is 0 Å². The normalized spacial score (nSPS) is 24.2. The van der Waals surface area contributed by atoms with Crippen molar-refractivity contribution in [2.45, 2.75) is 108 Å². The van der Waals surface area contributed by atoms with E-state index in [0.29, 0.717) is 36.5 Å². The van der Waals surface area contributed by atoms with Crippen molar-refractivity contribution in [1.29, 1.82) is 0 Å². The van der Waals surface area contributed by atoms with E-state index < -0.39 is 5.60 Å². The zero-order valence-electron chi connectivity index (χ0n) is 18.7. The molecule has 2 N–H and O–H groups in total. The second kappa shape index (κ2) is 9.63. The first kappa shape index (κ1) is 22.2. The lowest BCUT2D eigenvalue weighted by atomic mass is 9.82. The largest absolute Gasteiger partial charge is 0.389 e.